The van der Waals surface area contributed by atoms with Crippen LogP contribution >= 0.6 is 16.0 Å². The lowest BCUT2D eigenvalue weighted by Crippen LogP contribution is -2.21. The molecule has 3 rings (SSSR count). The molecule has 1 atom stereocenters. The first-order valence-corrected chi connectivity index (χ1v) is 12.5. The Morgan fingerprint density at radius 3 is 1.89 bits per heavy atom. The molecule has 0 radical (unpaired) electrons. The molecule has 2 aliphatic carbocycles. The zero-order chi connectivity index (χ0) is 19.1. The second-order valence-corrected chi connectivity index (χ2v) is 10.1. The van der Waals surface area contributed by atoms with Gasteiger partial charge in [-0.1, -0.05) is 56.2 Å². The molecule has 0 aromatic heterocycles. The van der Waals surface area contributed by atoms with Gasteiger partial charge >= 0.3 is 16.0 Å². The molecule has 6 nitrogen and oxygen atoms in total. The smallest absolute Gasteiger partial charge is 0.517 e. The number of nitrogens with zero attached hydrogens (tertiary/aromatic N) is 1. The van der Waals surface area contributed by atoms with Gasteiger partial charge in [-0.05, 0) is 53.8 Å². The Bertz CT molecular complexity index is 643. The average Bonchev–Trinajstić information content (AvgIpc) is 2.65. The van der Waals surface area contributed by atoms with Gasteiger partial charge in [0, 0.05) is 0 Å². The molecule has 1 aromatic rings. The molecule has 0 N–H and O–H groups in total. The van der Waals surface area contributed by atoms with Crippen LogP contribution in [0.15, 0.2) is 29.0 Å². The Morgan fingerprint density at radius 1 is 0.926 bits per heavy atom. The molecular formula is C19H29NO5P2. The van der Waals surface area contributed by atoms with Gasteiger partial charge in [-0.3, -0.25) is 9.05 Å². The maximum absolute atomic E-state index is 13.3. The summed E-state index contributed by atoms with van der Waals surface area (Å²) in [6, 6.07) is 7.25. The number of phosphoric ester groups is 1. The highest BCUT2D eigenvalue weighted by Crippen LogP contribution is 2.59. The number of rotatable bonds is 7. The Hall–Kier alpha value is -0.610. The standard InChI is InChI=1S/C19H29NO5P2/c1-16-12-14-17(15-13-16)20-26(21)25-27(22,23-18-8-4-2-5-9-18)24-19-10-6-3-7-11-19/h12-15,18-19H,2-11H2,1H3. The van der Waals surface area contributed by atoms with Crippen molar-refractivity contribution >= 4 is 21.7 Å². The van der Waals surface area contributed by atoms with Gasteiger partial charge in [0.05, 0.1) is 12.2 Å². The lowest BCUT2D eigenvalue weighted by atomic mass is 9.98. The normalized spacial score (nSPS) is 20.7. The van der Waals surface area contributed by atoms with Gasteiger partial charge in [-0.25, -0.2) is 4.57 Å². The van der Waals surface area contributed by atoms with Crippen LogP contribution in [0, 0.1) is 6.92 Å². The fourth-order valence-electron chi connectivity index (χ4n) is 3.58. The Kier molecular flexibility index (Phi) is 8.01. The number of phosphoric acid groups is 1. The second-order valence-electron chi connectivity index (χ2n) is 7.43. The molecule has 0 saturated heterocycles. The lowest BCUT2D eigenvalue weighted by molar-refractivity contribution is -0.170. The van der Waals surface area contributed by atoms with E-state index in [1.165, 1.54) is 0 Å². The number of hydrogen-bond donors (Lipinski definition) is 0. The van der Waals surface area contributed by atoms with Crippen molar-refractivity contribution in [3.05, 3.63) is 29.8 Å². The summed E-state index contributed by atoms with van der Waals surface area (Å²) in [7, 11) is -6.48. The Balaban J connectivity index is 1.70. The summed E-state index contributed by atoms with van der Waals surface area (Å²) in [6.07, 6.45) is 9.43. The van der Waals surface area contributed by atoms with E-state index in [0.29, 0.717) is 5.69 Å². The molecular weight excluding hydrogens is 384 g/mol. The third-order valence-corrected chi connectivity index (χ3v) is 7.93. The van der Waals surface area contributed by atoms with Gasteiger partial charge in [0.25, 0.3) is 0 Å². The third kappa shape index (κ3) is 7.05. The Labute approximate surface area is 162 Å². The van der Waals surface area contributed by atoms with Crippen molar-refractivity contribution in [1.82, 2.24) is 0 Å². The molecule has 1 unspecified atom stereocenters. The van der Waals surface area contributed by atoms with E-state index < -0.39 is 16.0 Å². The molecule has 0 aliphatic heterocycles. The monoisotopic (exact) mass is 413 g/mol. The summed E-state index contributed by atoms with van der Waals surface area (Å²) in [4.78, 5) is 12.4. The molecule has 1 aromatic carbocycles. The first kappa shape index (κ1) is 21.1. The van der Waals surface area contributed by atoms with E-state index in [1.54, 1.807) is 12.1 Å². The molecule has 8 heteroatoms. The first-order valence-electron chi connectivity index (χ1n) is 9.94. The molecule has 0 spiro atoms. The van der Waals surface area contributed by atoms with Crippen LogP contribution in [0.2, 0.25) is 0 Å². The summed E-state index contributed by atoms with van der Waals surface area (Å²) < 4.78 is 34.2. The summed E-state index contributed by atoms with van der Waals surface area (Å²) in [5.74, 6) is 0. The van der Waals surface area contributed by atoms with Gasteiger partial charge in [0.1, 0.15) is 5.69 Å². The minimum atomic E-state index is -3.94. The largest absolute Gasteiger partial charge is 0.583 e. The van der Waals surface area contributed by atoms with Crippen molar-refractivity contribution in [2.45, 2.75) is 83.3 Å². The lowest BCUT2D eigenvalue weighted by Gasteiger charge is -2.28. The van der Waals surface area contributed by atoms with Crippen LogP contribution in [0.5, 0.6) is 0 Å². The van der Waals surface area contributed by atoms with E-state index in [2.05, 4.69) is 4.74 Å². The summed E-state index contributed by atoms with van der Waals surface area (Å²) in [5, 5.41) is 0. The maximum atomic E-state index is 13.3. The zero-order valence-electron chi connectivity index (χ0n) is 15.9. The molecule has 2 saturated carbocycles. The molecule has 2 fully saturated rings. The van der Waals surface area contributed by atoms with Crippen LogP contribution < -0.4 is 4.89 Å². The van der Waals surface area contributed by atoms with E-state index in [0.717, 1.165) is 69.8 Å². The van der Waals surface area contributed by atoms with E-state index in [1.807, 2.05) is 19.1 Å². The van der Waals surface area contributed by atoms with Crippen molar-refractivity contribution in [3.63, 3.8) is 0 Å². The quantitative estimate of drug-likeness (QED) is 0.490. The highest BCUT2D eigenvalue weighted by Gasteiger charge is 2.39. The first-order chi connectivity index (χ1) is 13.0. The summed E-state index contributed by atoms with van der Waals surface area (Å²) in [6.45, 7) is 1.96. The predicted octanol–water partition coefficient (Wildman–Crippen LogP) is 6.31. The van der Waals surface area contributed by atoms with E-state index in [9.17, 15) is 9.46 Å². The van der Waals surface area contributed by atoms with Gasteiger partial charge in [0.15, 0.2) is 0 Å². The van der Waals surface area contributed by atoms with Gasteiger partial charge in [0.2, 0.25) is 0 Å². The minimum Gasteiger partial charge on any atom is -0.583 e. The third-order valence-electron chi connectivity index (χ3n) is 5.06. The highest BCUT2D eigenvalue weighted by atomic mass is 31.2. The van der Waals surface area contributed by atoms with Crippen molar-refractivity contribution in [2.75, 3.05) is 0 Å². The van der Waals surface area contributed by atoms with Gasteiger partial charge < -0.3 is 4.89 Å². The van der Waals surface area contributed by atoms with Crippen LogP contribution in [-0.2, 0) is 17.9 Å². The maximum Gasteiger partial charge on any atom is 0.517 e. The van der Waals surface area contributed by atoms with Crippen LogP contribution in [0.3, 0.4) is 0 Å². The van der Waals surface area contributed by atoms with E-state index >= 15 is 0 Å². The van der Waals surface area contributed by atoms with Crippen molar-refractivity contribution < 1.29 is 22.8 Å². The summed E-state index contributed by atoms with van der Waals surface area (Å²) in [5.41, 5.74) is 1.60. The van der Waals surface area contributed by atoms with Crippen LogP contribution in [-0.4, -0.2) is 12.2 Å². The molecule has 150 valence electrons. The number of hydrogen-bond acceptors (Lipinski definition) is 6. The molecule has 0 bridgehead atoms. The zero-order valence-corrected chi connectivity index (χ0v) is 17.7. The fraction of sp³-hybridized carbons (Fsp3) is 0.684. The van der Waals surface area contributed by atoms with E-state index in [-0.39, 0.29) is 12.2 Å². The topological polar surface area (TPSA) is 80.2 Å². The van der Waals surface area contributed by atoms with Gasteiger partial charge in [-0.15, -0.1) is 0 Å². The second kappa shape index (κ2) is 10.2. The minimum absolute atomic E-state index is 0.170. The van der Waals surface area contributed by atoms with Gasteiger partial charge in [-0.2, -0.15) is 0 Å². The number of benzene rings is 1. The molecule has 27 heavy (non-hydrogen) atoms. The van der Waals surface area contributed by atoms with Crippen LogP contribution in [0.4, 0.5) is 5.69 Å². The van der Waals surface area contributed by atoms with Crippen molar-refractivity contribution in [1.29, 1.82) is 0 Å². The number of aryl methyl sites for hydroxylation is 1. The van der Waals surface area contributed by atoms with E-state index in [4.69, 9.17) is 13.4 Å². The van der Waals surface area contributed by atoms with Crippen molar-refractivity contribution in [2.24, 2.45) is 4.74 Å². The molecule has 0 heterocycles. The average molecular weight is 413 g/mol. The SMILES string of the molecule is Cc1ccc(N=[P+]([O-])OP(=O)(OC2CCCCC2)OC2CCCCC2)cc1. The molecule has 0 amide bonds. The highest BCUT2D eigenvalue weighted by molar-refractivity contribution is 7.56. The molecule has 2 aliphatic rings. The predicted molar refractivity (Wildman–Crippen MR) is 105 cm³/mol. The van der Waals surface area contributed by atoms with Crippen LogP contribution in [0.1, 0.15) is 69.8 Å². The summed E-state index contributed by atoms with van der Waals surface area (Å²) >= 11 is 0. The van der Waals surface area contributed by atoms with Crippen molar-refractivity contribution in [3.8, 4) is 0 Å². The fourth-order valence-corrected chi connectivity index (χ4v) is 6.24. The van der Waals surface area contributed by atoms with Crippen LogP contribution in [0.25, 0.3) is 0 Å². The Morgan fingerprint density at radius 2 is 1.41 bits per heavy atom.